The SMILES string of the molecule is Cc1[nH]nc(-c2ccccc2)c1C(=O)NCCc1noc(C2CCCO2)n1. The van der Waals surface area contributed by atoms with E-state index in [1.807, 2.05) is 37.3 Å². The molecule has 2 aromatic heterocycles. The number of benzene rings is 1. The van der Waals surface area contributed by atoms with E-state index in [0.29, 0.717) is 35.9 Å². The van der Waals surface area contributed by atoms with Gasteiger partial charge in [0.15, 0.2) is 5.82 Å². The number of aromatic amines is 1. The molecule has 1 aromatic carbocycles. The highest BCUT2D eigenvalue weighted by atomic mass is 16.5. The summed E-state index contributed by atoms with van der Waals surface area (Å²) < 4.78 is 10.8. The number of amides is 1. The Morgan fingerprint density at radius 2 is 2.19 bits per heavy atom. The van der Waals surface area contributed by atoms with Crippen LogP contribution in [0.3, 0.4) is 0 Å². The molecule has 4 rings (SSSR count). The van der Waals surface area contributed by atoms with Crippen molar-refractivity contribution in [3.8, 4) is 11.3 Å². The molecule has 1 atom stereocenters. The highest BCUT2D eigenvalue weighted by molar-refractivity contribution is 6.01. The Balaban J connectivity index is 1.38. The standard InChI is InChI=1S/C19H21N5O3/c1-12-16(17(23-22-12)13-6-3-2-4-7-13)18(25)20-10-9-15-21-19(27-24-15)14-8-5-11-26-14/h2-4,6-7,14H,5,8-11H2,1H3,(H,20,25)(H,22,23). The van der Waals surface area contributed by atoms with Gasteiger partial charge in [0, 0.05) is 30.8 Å². The zero-order chi connectivity index (χ0) is 18.6. The molecule has 0 saturated carbocycles. The summed E-state index contributed by atoms with van der Waals surface area (Å²) in [6, 6.07) is 9.63. The average Bonchev–Trinajstić information content (AvgIpc) is 3.43. The molecule has 1 amide bonds. The molecular formula is C19H21N5O3. The molecule has 0 bridgehead atoms. The molecule has 0 spiro atoms. The zero-order valence-electron chi connectivity index (χ0n) is 15.1. The zero-order valence-corrected chi connectivity index (χ0v) is 15.1. The number of carbonyl (C=O) groups excluding carboxylic acids is 1. The van der Waals surface area contributed by atoms with Crippen LogP contribution in [-0.2, 0) is 11.2 Å². The first-order valence-corrected chi connectivity index (χ1v) is 9.05. The van der Waals surface area contributed by atoms with Crippen LogP contribution in [-0.4, -0.2) is 39.4 Å². The van der Waals surface area contributed by atoms with Gasteiger partial charge in [-0.2, -0.15) is 10.1 Å². The van der Waals surface area contributed by atoms with E-state index in [1.165, 1.54) is 0 Å². The lowest BCUT2D eigenvalue weighted by Gasteiger charge is -2.05. The van der Waals surface area contributed by atoms with E-state index in [0.717, 1.165) is 30.7 Å². The van der Waals surface area contributed by atoms with Crippen LogP contribution in [0, 0.1) is 6.92 Å². The second-order valence-electron chi connectivity index (χ2n) is 6.49. The van der Waals surface area contributed by atoms with Crippen molar-refractivity contribution in [2.24, 2.45) is 0 Å². The molecule has 8 heteroatoms. The van der Waals surface area contributed by atoms with Gasteiger partial charge < -0.3 is 14.6 Å². The van der Waals surface area contributed by atoms with Gasteiger partial charge in [0.1, 0.15) is 11.8 Å². The van der Waals surface area contributed by atoms with Gasteiger partial charge in [-0.1, -0.05) is 35.5 Å². The first-order chi connectivity index (χ1) is 13.2. The number of carbonyl (C=O) groups is 1. The molecule has 1 aliphatic heterocycles. The summed E-state index contributed by atoms with van der Waals surface area (Å²) in [6.07, 6.45) is 2.30. The van der Waals surface area contributed by atoms with Crippen LogP contribution in [0.15, 0.2) is 34.9 Å². The van der Waals surface area contributed by atoms with Crippen LogP contribution in [0.1, 0.15) is 46.7 Å². The largest absolute Gasteiger partial charge is 0.368 e. The molecule has 1 aliphatic rings. The lowest BCUT2D eigenvalue weighted by molar-refractivity contribution is 0.0835. The Morgan fingerprint density at radius 1 is 1.33 bits per heavy atom. The van der Waals surface area contributed by atoms with Crippen LogP contribution < -0.4 is 5.32 Å². The predicted molar refractivity (Wildman–Crippen MR) is 97.0 cm³/mol. The van der Waals surface area contributed by atoms with Crippen molar-refractivity contribution in [2.75, 3.05) is 13.2 Å². The van der Waals surface area contributed by atoms with Gasteiger partial charge in [0.25, 0.3) is 11.8 Å². The summed E-state index contributed by atoms with van der Waals surface area (Å²) >= 11 is 0. The van der Waals surface area contributed by atoms with Crippen LogP contribution in [0.25, 0.3) is 11.3 Å². The van der Waals surface area contributed by atoms with E-state index in [-0.39, 0.29) is 12.0 Å². The summed E-state index contributed by atoms with van der Waals surface area (Å²) in [5.74, 6) is 0.904. The van der Waals surface area contributed by atoms with Gasteiger partial charge >= 0.3 is 0 Å². The van der Waals surface area contributed by atoms with Gasteiger partial charge in [0.2, 0.25) is 0 Å². The summed E-state index contributed by atoms with van der Waals surface area (Å²) in [5.41, 5.74) is 2.82. The molecular weight excluding hydrogens is 346 g/mol. The third-order valence-corrected chi connectivity index (χ3v) is 4.54. The second kappa shape index (κ2) is 7.71. The number of aryl methyl sites for hydroxylation is 1. The lowest BCUT2D eigenvalue weighted by Crippen LogP contribution is -2.26. The quantitative estimate of drug-likeness (QED) is 0.694. The summed E-state index contributed by atoms with van der Waals surface area (Å²) in [6.45, 7) is 2.97. The molecule has 140 valence electrons. The number of nitrogens with zero attached hydrogens (tertiary/aromatic N) is 3. The van der Waals surface area contributed by atoms with Crippen molar-refractivity contribution >= 4 is 5.91 Å². The van der Waals surface area contributed by atoms with Crippen LogP contribution in [0.5, 0.6) is 0 Å². The van der Waals surface area contributed by atoms with E-state index < -0.39 is 0 Å². The van der Waals surface area contributed by atoms with Crippen molar-refractivity contribution in [3.05, 3.63) is 53.3 Å². The number of hydrogen-bond donors (Lipinski definition) is 2. The Bertz CT molecular complexity index is 913. The van der Waals surface area contributed by atoms with Crippen molar-refractivity contribution in [2.45, 2.75) is 32.3 Å². The maximum Gasteiger partial charge on any atom is 0.255 e. The summed E-state index contributed by atoms with van der Waals surface area (Å²) in [5, 5.41) is 14.1. The Kier molecular flexibility index (Phi) is 4.97. The fourth-order valence-corrected chi connectivity index (χ4v) is 3.16. The molecule has 2 N–H and O–H groups in total. The third-order valence-electron chi connectivity index (χ3n) is 4.54. The van der Waals surface area contributed by atoms with Gasteiger partial charge in [-0.25, -0.2) is 0 Å². The monoisotopic (exact) mass is 367 g/mol. The van der Waals surface area contributed by atoms with Crippen molar-refractivity contribution < 1.29 is 14.1 Å². The minimum Gasteiger partial charge on any atom is -0.368 e. The van der Waals surface area contributed by atoms with Crippen molar-refractivity contribution in [1.29, 1.82) is 0 Å². The number of rotatable bonds is 6. The van der Waals surface area contributed by atoms with Crippen molar-refractivity contribution in [1.82, 2.24) is 25.7 Å². The topological polar surface area (TPSA) is 106 Å². The molecule has 3 aromatic rings. The van der Waals surface area contributed by atoms with Gasteiger partial charge in [-0.05, 0) is 19.8 Å². The lowest BCUT2D eigenvalue weighted by atomic mass is 10.1. The Hall–Kier alpha value is -3.00. The molecule has 1 fully saturated rings. The molecule has 27 heavy (non-hydrogen) atoms. The average molecular weight is 367 g/mol. The van der Waals surface area contributed by atoms with E-state index in [4.69, 9.17) is 9.26 Å². The Morgan fingerprint density at radius 3 is 2.96 bits per heavy atom. The van der Waals surface area contributed by atoms with E-state index >= 15 is 0 Å². The van der Waals surface area contributed by atoms with E-state index in [1.54, 1.807) is 0 Å². The van der Waals surface area contributed by atoms with Crippen LogP contribution in [0.4, 0.5) is 0 Å². The predicted octanol–water partition coefficient (Wildman–Crippen LogP) is 2.59. The molecule has 0 radical (unpaired) electrons. The van der Waals surface area contributed by atoms with Crippen LogP contribution in [0.2, 0.25) is 0 Å². The number of aromatic nitrogens is 4. The molecule has 0 aliphatic carbocycles. The fourth-order valence-electron chi connectivity index (χ4n) is 3.16. The smallest absolute Gasteiger partial charge is 0.255 e. The number of nitrogens with one attached hydrogen (secondary N) is 2. The minimum atomic E-state index is -0.178. The van der Waals surface area contributed by atoms with Crippen LogP contribution >= 0.6 is 0 Å². The maximum absolute atomic E-state index is 12.7. The minimum absolute atomic E-state index is 0.0946. The number of ether oxygens (including phenoxy) is 1. The van der Waals surface area contributed by atoms with Crippen molar-refractivity contribution in [3.63, 3.8) is 0 Å². The molecule has 1 saturated heterocycles. The molecule has 3 heterocycles. The fraction of sp³-hybridized carbons (Fsp3) is 0.368. The van der Waals surface area contributed by atoms with Gasteiger partial charge in [-0.15, -0.1) is 0 Å². The molecule has 1 unspecified atom stereocenters. The van der Waals surface area contributed by atoms with Gasteiger partial charge in [0.05, 0.1) is 5.56 Å². The first kappa shape index (κ1) is 17.4. The summed E-state index contributed by atoms with van der Waals surface area (Å²) in [4.78, 5) is 17.0. The Labute approximate surface area is 156 Å². The van der Waals surface area contributed by atoms with E-state index in [9.17, 15) is 4.79 Å². The second-order valence-corrected chi connectivity index (χ2v) is 6.49. The normalized spacial score (nSPS) is 16.6. The molecule has 8 nitrogen and oxygen atoms in total. The van der Waals surface area contributed by atoms with E-state index in [2.05, 4.69) is 25.7 Å². The highest BCUT2D eigenvalue weighted by Crippen LogP contribution is 2.27. The number of hydrogen-bond acceptors (Lipinski definition) is 6. The first-order valence-electron chi connectivity index (χ1n) is 9.05. The van der Waals surface area contributed by atoms with Gasteiger partial charge in [-0.3, -0.25) is 9.89 Å². The maximum atomic E-state index is 12.7. The third kappa shape index (κ3) is 3.75. The summed E-state index contributed by atoms with van der Waals surface area (Å²) in [7, 11) is 0. The highest BCUT2D eigenvalue weighted by Gasteiger charge is 2.24. The number of H-pyrrole nitrogens is 1.